The largest absolute Gasteiger partial charge is 0.462 e. The quantitative estimate of drug-likeness (QED) is 0.209. The second kappa shape index (κ2) is 20.6. The number of cyclic esters (lactones) is 1. The molecular formula is C41H73NO13S. The third-order valence-electron chi connectivity index (χ3n) is 12.4. The fraction of sp³-hybridized carbons (Fsp3) is 0.927. The Morgan fingerprint density at radius 1 is 0.911 bits per heavy atom. The number of aliphatic hydroxyl groups excluding tert-OH is 2. The SMILES string of the molecule is CCCOC(=S)O[C@H]1[C@H](C)O[C@@H](O[C@@H]2[C@H](C)[C@@H](O[C@@H]3O[C@H](C)C[C@H](N(C)C)[C@H]3O)[C@](C)(O)C[C@@H](C)C(=O)[C@@H](C)[C@@H](O)[C@@H](C)[C@H](CC)OC(=O)[C@@H]2C)C[C@@]1(C)OC. The van der Waals surface area contributed by atoms with Crippen LogP contribution in [0.25, 0.3) is 0 Å². The van der Waals surface area contributed by atoms with E-state index in [1.807, 2.05) is 53.6 Å². The molecule has 0 aromatic heterocycles. The maximum Gasteiger partial charge on any atom is 0.352 e. The third-order valence-corrected chi connectivity index (χ3v) is 12.6. The normalized spacial score (nSPS) is 44.8. The lowest BCUT2D eigenvalue weighted by Crippen LogP contribution is -2.61. The molecule has 0 radical (unpaired) electrons. The summed E-state index contributed by atoms with van der Waals surface area (Å²) in [7, 11) is 5.30. The number of thiocarbonyl (C=S) groups is 1. The molecule has 3 aliphatic heterocycles. The van der Waals surface area contributed by atoms with Crippen molar-refractivity contribution in [3.8, 4) is 0 Å². The lowest BCUT2D eigenvalue weighted by atomic mass is 9.74. The minimum atomic E-state index is -1.74. The van der Waals surface area contributed by atoms with Crippen molar-refractivity contribution in [2.45, 2.75) is 187 Å². The number of ketones is 1. The van der Waals surface area contributed by atoms with E-state index >= 15 is 0 Å². The number of nitrogens with zero attached hydrogens (tertiary/aromatic N) is 1. The van der Waals surface area contributed by atoms with Gasteiger partial charge in [0.05, 0.1) is 48.6 Å². The van der Waals surface area contributed by atoms with Gasteiger partial charge in [0.1, 0.15) is 23.6 Å². The van der Waals surface area contributed by atoms with Crippen LogP contribution in [0.2, 0.25) is 0 Å². The summed E-state index contributed by atoms with van der Waals surface area (Å²) in [6, 6.07) is -0.307. The molecule has 3 fully saturated rings. The number of carbonyl (C=O) groups is 2. The number of ether oxygens (including phenoxy) is 8. The van der Waals surface area contributed by atoms with Crippen LogP contribution in [0.1, 0.15) is 108 Å². The molecule has 0 aromatic carbocycles. The van der Waals surface area contributed by atoms with E-state index in [2.05, 4.69) is 0 Å². The van der Waals surface area contributed by atoms with Crippen LogP contribution in [-0.4, -0.2) is 144 Å². The first-order chi connectivity index (χ1) is 26.0. The highest BCUT2D eigenvalue weighted by Crippen LogP contribution is 2.41. The standard InChI is InChI=1S/C41H73NO13S/c1-15-17-49-39(56)55-36-27(9)51-30(20-41(36,11)48-14)53-34-25(7)35(54-38-33(45)28(42(12)13)18-22(4)50-38)40(10,47)19-21(3)31(43)24(6)32(44)23(5)29(16-2)52-37(46)26(34)8/h21-30,32-36,38,44-45,47H,15-20H2,1-14H3/t21-,22-,23+,24-,25+,26-,27+,28+,29+,30+,32+,33-,34-,35-,36+,38+,40-,41-/m1/s1. The molecule has 15 heteroatoms. The lowest BCUT2D eigenvalue weighted by Gasteiger charge is -2.49. The number of hydrogen-bond donors (Lipinski definition) is 3. The second-order valence-corrected chi connectivity index (χ2v) is 17.7. The van der Waals surface area contributed by atoms with Crippen molar-refractivity contribution >= 4 is 29.2 Å². The predicted octanol–water partition coefficient (Wildman–Crippen LogP) is 4.41. The van der Waals surface area contributed by atoms with Crippen LogP contribution in [0, 0.1) is 29.6 Å². The molecule has 326 valence electrons. The summed E-state index contributed by atoms with van der Waals surface area (Å²) >= 11 is 5.35. The zero-order valence-electron chi connectivity index (χ0n) is 36.3. The molecular weight excluding hydrogens is 747 g/mol. The van der Waals surface area contributed by atoms with Gasteiger partial charge in [0, 0.05) is 55.5 Å². The molecule has 0 amide bonds. The first kappa shape index (κ1) is 48.8. The van der Waals surface area contributed by atoms with E-state index in [9.17, 15) is 24.9 Å². The number of carbonyl (C=O) groups excluding carboxylic acids is 2. The van der Waals surface area contributed by atoms with Crippen molar-refractivity contribution in [3.05, 3.63) is 0 Å². The van der Waals surface area contributed by atoms with Gasteiger partial charge in [-0.2, -0.15) is 0 Å². The van der Waals surface area contributed by atoms with Crippen molar-refractivity contribution in [2.75, 3.05) is 27.8 Å². The van der Waals surface area contributed by atoms with E-state index in [1.165, 1.54) is 0 Å². The number of esters is 1. The van der Waals surface area contributed by atoms with Gasteiger partial charge in [0.2, 0.25) is 0 Å². The molecule has 3 heterocycles. The van der Waals surface area contributed by atoms with Crippen LogP contribution in [0.3, 0.4) is 0 Å². The van der Waals surface area contributed by atoms with E-state index in [4.69, 9.17) is 50.1 Å². The summed E-state index contributed by atoms with van der Waals surface area (Å²) in [6.07, 6.45) is -6.91. The Hall–Kier alpha value is -1.53. The van der Waals surface area contributed by atoms with Gasteiger partial charge >= 0.3 is 11.2 Å². The van der Waals surface area contributed by atoms with Crippen LogP contribution in [0.5, 0.6) is 0 Å². The molecule has 3 aliphatic rings. The molecule has 0 unspecified atom stereocenters. The number of rotatable bonds is 10. The average Bonchev–Trinajstić information content (AvgIpc) is 3.13. The molecule has 0 aliphatic carbocycles. The van der Waals surface area contributed by atoms with Crippen LogP contribution in [-0.2, 0) is 47.5 Å². The van der Waals surface area contributed by atoms with Crippen molar-refractivity contribution in [1.29, 1.82) is 0 Å². The number of likely N-dealkylation sites (N-methyl/N-ethyl adjacent to an activating group) is 1. The molecule has 18 atom stereocenters. The van der Waals surface area contributed by atoms with Gasteiger partial charge in [-0.3, -0.25) is 9.59 Å². The van der Waals surface area contributed by atoms with Crippen molar-refractivity contribution < 1.29 is 62.8 Å². The first-order valence-electron chi connectivity index (χ1n) is 20.5. The van der Waals surface area contributed by atoms with Crippen LogP contribution in [0.4, 0.5) is 0 Å². The van der Waals surface area contributed by atoms with Gasteiger partial charge in [-0.05, 0) is 74.4 Å². The fourth-order valence-electron chi connectivity index (χ4n) is 8.89. The van der Waals surface area contributed by atoms with Gasteiger partial charge in [0.15, 0.2) is 18.7 Å². The Morgan fingerprint density at radius 2 is 1.55 bits per heavy atom. The van der Waals surface area contributed by atoms with Crippen molar-refractivity contribution in [3.63, 3.8) is 0 Å². The highest BCUT2D eigenvalue weighted by molar-refractivity contribution is 7.79. The maximum absolute atomic E-state index is 14.2. The molecule has 0 spiro atoms. The zero-order chi connectivity index (χ0) is 42.4. The molecule has 0 aromatic rings. The Kier molecular flexibility index (Phi) is 18.0. The summed E-state index contributed by atoms with van der Waals surface area (Å²) in [6.45, 7) is 20.0. The minimum absolute atomic E-state index is 0.0157. The summed E-state index contributed by atoms with van der Waals surface area (Å²) in [4.78, 5) is 30.0. The smallest absolute Gasteiger partial charge is 0.352 e. The van der Waals surface area contributed by atoms with Gasteiger partial charge in [0.25, 0.3) is 0 Å². The molecule has 0 saturated carbocycles. The fourth-order valence-corrected chi connectivity index (χ4v) is 9.08. The van der Waals surface area contributed by atoms with E-state index in [1.54, 1.807) is 48.7 Å². The predicted molar refractivity (Wildman–Crippen MR) is 213 cm³/mol. The first-order valence-corrected chi connectivity index (χ1v) is 20.9. The second-order valence-electron chi connectivity index (χ2n) is 17.4. The van der Waals surface area contributed by atoms with E-state index < -0.39 is 102 Å². The average molecular weight is 820 g/mol. The van der Waals surface area contributed by atoms with E-state index in [0.29, 0.717) is 19.4 Å². The van der Waals surface area contributed by atoms with Crippen LogP contribution in [0.15, 0.2) is 0 Å². The van der Waals surface area contributed by atoms with Crippen molar-refractivity contribution in [2.24, 2.45) is 29.6 Å². The number of methoxy groups -OCH3 is 1. The number of Topliss-reactive ketones (excluding diaryl/α,β-unsaturated/α-hetero) is 1. The summed E-state index contributed by atoms with van der Waals surface area (Å²) < 4.78 is 49.9. The number of hydrogen-bond acceptors (Lipinski definition) is 15. The summed E-state index contributed by atoms with van der Waals surface area (Å²) in [5.41, 5.74) is -2.71. The lowest BCUT2D eigenvalue weighted by molar-refractivity contribution is -0.317. The molecule has 3 saturated heterocycles. The molecule has 3 N–H and O–H groups in total. The number of aliphatic hydroxyl groups is 3. The Balaban J connectivity index is 2.13. The monoisotopic (exact) mass is 819 g/mol. The molecule has 0 bridgehead atoms. The van der Waals surface area contributed by atoms with E-state index in [0.717, 1.165) is 6.42 Å². The van der Waals surface area contributed by atoms with Gasteiger partial charge in [-0.25, -0.2) is 0 Å². The van der Waals surface area contributed by atoms with Gasteiger partial charge < -0.3 is 58.1 Å². The third kappa shape index (κ3) is 11.6. The highest BCUT2D eigenvalue weighted by atomic mass is 32.1. The summed E-state index contributed by atoms with van der Waals surface area (Å²) in [5.74, 6) is -4.66. The van der Waals surface area contributed by atoms with E-state index in [-0.39, 0.29) is 36.0 Å². The molecule has 56 heavy (non-hydrogen) atoms. The Morgan fingerprint density at radius 3 is 2.12 bits per heavy atom. The minimum Gasteiger partial charge on any atom is -0.462 e. The van der Waals surface area contributed by atoms with Gasteiger partial charge in [-0.1, -0.05) is 41.5 Å². The maximum atomic E-state index is 14.2. The van der Waals surface area contributed by atoms with Gasteiger partial charge in [-0.15, -0.1) is 0 Å². The topological polar surface area (TPSA) is 172 Å². The summed E-state index contributed by atoms with van der Waals surface area (Å²) in [5, 5.41) is 35.5. The van der Waals surface area contributed by atoms with Crippen LogP contribution >= 0.6 is 12.2 Å². The van der Waals surface area contributed by atoms with Crippen molar-refractivity contribution in [1.82, 2.24) is 4.90 Å². The zero-order valence-corrected chi connectivity index (χ0v) is 37.1. The molecule has 14 nitrogen and oxygen atoms in total. The molecule has 3 rings (SSSR count). The Labute approximate surface area is 340 Å². The highest BCUT2D eigenvalue weighted by Gasteiger charge is 2.53. The van der Waals surface area contributed by atoms with Crippen LogP contribution < -0.4 is 0 Å². The Bertz CT molecular complexity index is 1290.